The molecule has 7 nitrogen and oxygen atoms in total. The summed E-state index contributed by atoms with van der Waals surface area (Å²) >= 11 is 0. The summed E-state index contributed by atoms with van der Waals surface area (Å²) in [5.74, 6) is 4.05. The molecular formula is C39H63N7. The van der Waals surface area contributed by atoms with Gasteiger partial charge >= 0.3 is 0 Å². The summed E-state index contributed by atoms with van der Waals surface area (Å²) in [6, 6.07) is 5.93. The van der Waals surface area contributed by atoms with Crippen molar-refractivity contribution in [3.63, 3.8) is 0 Å². The van der Waals surface area contributed by atoms with Crippen LogP contribution in [0.1, 0.15) is 155 Å². The molecule has 254 valence electrons. The zero-order valence-corrected chi connectivity index (χ0v) is 30.5. The van der Waals surface area contributed by atoms with Gasteiger partial charge in [0.1, 0.15) is 11.4 Å². The summed E-state index contributed by atoms with van der Waals surface area (Å²) in [5, 5.41) is 18.6. The lowest BCUT2D eigenvalue weighted by atomic mass is 10.0. The predicted molar refractivity (Wildman–Crippen MR) is 191 cm³/mol. The first kappa shape index (κ1) is 37.6. The van der Waals surface area contributed by atoms with Crippen LogP contribution in [-0.2, 0) is 25.7 Å². The Morgan fingerprint density at radius 2 is 0.717 bits per heavy atom. The smallest absolute Gasteiger partial charge is 0.200 e. The Morgan fingerprint density at radius 3 is 1.04 bits per heavy atom. The molecular weight excluding hydrogens is 566 g/mol. The van der Waals surface area contributed by atoms with E-state index in [1.807, 2.05) is 18.2 Å². The third-order valence-corrected chi connectivity index (χ3v) is 8.67. The lowest BCUT2D eigenvalue weighted by Gasteiger charge is -2.12. The van der Waals surface area contributed by atoms with Crippen molar-refractivity contribution in [1.82, 2.24) is 35.3 Å². The van der Waals surface area contributed by atoms with Gasteiger partial charge in [-0.3, -0.25) is 0 Å². The lowest BCUT2D eigenvalue weighted by Crippen LogP contribution is -2.09. The van der Waals surface area contributed by atoms with Gasteiger partial charge < -0.3 is 0 Å². The molecule has 3 aromatic heterocycles. The normalized spacial score (nSPS) is 11.9. The molecule has 0 aliphatic rings. The quantitative estimate of drug-likeness (QED) is 0.102. The average molecular weight is 630 g/mol. The molecule has 7 heteroatoms. The van der Waals surface area contributed by atoms with Crippen LogP contribution >= 0.6 is 0 Å². The molecule has 0 radical (unpaired) electrons. The number of rotatable bonds is 22. The summed E-state index contributed by atoms with van der Waals surface area (Å²) in [6.07, 6.45) is 18.0. The maximum atomic E-state index is 5.07. The van der Waals surface area contributed by atoms with Crippen molar-refractivity contribution in [2.75, 3.05) is 0 Å². The van der Waals surface area contributed by atoms with Crippen LogP contribution in [0.4, 0.5) is 0 Å². The summed E-state index contributed by atoms with van der Waals surface area (Å²) in [4.78, 5) is 15.1. The van der Waals surface area contributed by atoms with Crippen LogP contribution in [0.25, 0.3) is 23.0 Å². The van der Waals surface area contributed by atoms with Crippen LogP contribution in [0.15, 0.2) is 18.2 Å². The molecule has 3 heterocycles. The van der Waals surface area contributed by atoms with Crippen LogP contribution in [0.5, 0.6) is 0 Å². The highest BCUT2D eigenvalue weighted by atomic mass is 15.2. The van der Waals surface area contributed by atoms with Crippen molar-refractivity contribution in [3.8, 4) is 23.0 Å². The van der Waals surface area contributed by atoms with Crippen LogP contribution in [0.2, 0.25) is 0 Å². The maximum Gasteiger partial charge on any atom is 0.200 e. The largest absolute Gasteiger partial charge is 0.241 e. The van der Waals surface area contributed by atoms with Crippen molar-refractivity contribution < 1.29 is 0 Å². The van der Waals surface area contributed by atoms with Crippen LogP contribution in [-0.4, -0.2) is 35.3 Å². The number of aryl methyl sites for hydroxylation is 4. The standard InChI is InChI=1S/C39H63N7/c1-28(2)18-9-13-22-32-34(24-15-11-20-30(5)6)43-45-38(41-32)36-26-17-27-37(40-36)39-42-33(23-14-10-19-29(3)4)35(44-46-39)25-16-12-21-31(7)8/h17,26-31H,9-16,18-25H2,1-8H3. The predicted octanol–water partition coefficient (Wildman–Crippen LogP) is 10.3. The van der Waals surface area contributed by atoms with Gasteiger partial charge in [-0.05, 0) is 87.2 Å². The van der Waals surface area contributed by atoms with Gasteiger partial charge in [0, 0.05) is 0 Å². The summed E-state index contributed by atoms with van der Waals surface area (Å²) < 4.78 is 0. The first-order chi connectivity index (χ1) is 22.1. The topological polar surface area (TPSA) is 90.2 Å². The second-order valence-corrected chi connectivity index (χ2v) is 15.0. The Balaban J connectivity index is 1.83. The van der Waals surface area contributed by atoms with E-state index in [1.54, 1.807) is 0 Å². The van der Waals surface area contributed by atoms with E-state index in [-0.39, 0.29) is 0 Å². The van der Waals surface area contributed by atoms with Crippen molar-refractivity contribution in [2.24, 2.45) is 23.7 Å². The van der Waals surface area contributed by atoms with Gasteiger partial charge in [-0.15, -0.1) is 10.2 Å². The average Bonchev–Trinajstić information content (AvgIpc) is 3.02. The molecule has 3 aromatic rings. The highest BCUT2D eigenvalue weighted by Gasteiger charge is 2.16. The molecule has 0 amide bonds. The van der Waals surface area contributed by atoms with E-state index in [0.29, 0.717) is 23.0 Å². The van der Waals surface area contributed by atoms with E-state index >= 15 is 0 Å². The molecule has 0 spiro atoms. The fourth-order valence-corrected chi connectivity index (χ4v) is 5.83. The number of hydrogen-bond donors (Lipinski definition) is 0. The second-order valence-electron chi connectivity index (χ2n) is 15.0. The number of hydrogen-bond acceptors (Lipinski definition) is 7. The van der Waals surface area contributed by atoms with Gasteiger partial charge in [0.05, 0.1) is 22.8 Å². The zero-order chi connectivity index (χ0) is 33.3. The Hall–Kier alpha value is -2.83. The summed E-state index contributed by atoms with van der Waals surface area (Å²) in [5.41, 5.74) is 5.67. The SMILES string of the molecule is CC(C)CCCCc1nnc(-c2cccc(-c3nnc(CCCCC(C)C)c(CCCCC(C)C)n3)n2)nc1CCCCC(C)C. The number of unbranched alkanes of at least 4 members (excludes halogenated alkanes) is 4. The number of aromatic nitrogens is 7. The first-order valence-corrected chi connectivity index (χ1v) is 18.5. The van der Waals surface area contributed by atoms with Gasteiger partial charge in [-0.25, -0.2) is 15.0 Å². The van der Waals surface area contributed by atoms with Crippen molar-refractivity contribution in [1.29, 1.82) is 0 Å². The molecule has 0 bridgehead atoms. The molecule has 0 aliphatic carbocycles. The van der Waals surface area contributed by atoms with Crippen LogP contribution in [0.3, 0.4) is 0 Å². The lowest BCUT2D eigenvalue weighted by molar-refractivity contribution is 0.527. The molecule has 0 atom stereocenters. The molecule has 46 heavy (non-hydrogen) atoms. The van der Waals surface area contributed by atoms with E-state index in [9.17, 15) is 0 Å². The molecule has 0 unspecified atom stereocenters. The fourth-order valence-electron chi connectivity index (χ4n) is 5.83. The van der Waals surface area contributed by atoms with Crippen molar-refractivity contribution in [2.45, 2.75) is 158 Å². The zero-order valence-electron chi connectivity index (χ0n) is 30.5. The van der Waals surface area contributed by atoms with E-state index in [4.69, 9.17) is 25.1 Å². The fraction of sp³-hybridized carbons (Fsp3) is 0.718. The Bertz CT molecular complexity index is 1190. The Kier molecular flexibility index (Phi) is 16.7. The number of pyridine rings is 1. The van der Waals surface area contributed by atoms with E-state index < -0.39 is 0 Å². The Morgan fingerprint density at radius 1 is 0.391 bits per heavy atom. The molecule has 0 N–H and O–H groups in total. The maximum absolute atomic E-state index is 5.07. The summed E-state index contributed by atoms with van der Waals surface area (Å²) in [7, 11) is 0. The molecule has 0 saturated carbocycles. The van der Waals surface area contributed by atoms with Crippen LogP contribution in [0, 0.1) is 23.7 Å². The van der Waals surface area contributed by atoms with E-state index in [0.717, 1.165) is 97.8 Å². The van der Waals surface area contributed by atoms with E-state index in [1.165, 1.54) is 51.4 Å². The minimum Gasteiger partial charge on any atom is -0.241 e. The molecule has 0 saturated heterocycles. The minimum atomic E-state index is 0.579. The molecule has 0 aromatic carbocycles. The Labute approximate surface area is 280 Å². The minimum absolute atomic E-state index is 0.579. The van der Waals surface area contributed by atoms with Crippen molar-refractivity contribution in [3.05, 3.63) is 41.0 Å². The molecule has 0 fully saturated rings. The van der Waals surface area contributed by atoms with Crippen molar-refractivity contribution >= 4 is 0 Å². The van der Waals surface area contributed by atoms with Gasteiger partial charge in [-0.2, -0.15) is 10.2 Å². The van der Waals surface area contributed by atoms with Gasteiger partial charge in [-0.1, -0.05) is 113 Å². The highest BCUT2D eigenvalue weighted by molar-refractivity contribution is 5.57. The van der Waals surface area contributed by atoms with Gasteiger partial charge in [0.15, 0.2) is 0 Å². The third-order valence-electron chi connectivity index (χ3n) is 8.67. The van der Waals surface area contributed by atoms with Crippen LogP contribution < -0.4 is 0 Å². The summed E-state index contributed by atoms with van der Waals surface area (Å²) in [6.45, 7) is 18.3. The van der Waals surface area contributed by atoms with E-state index in [2.05, 4.69) is 65.6 Å². The first-order valence-electron chi connectivity index (χ1n) is 18.5. The monoisotopic (exact) mass is 630 g/mol. The molecule has 0 aliphatic heterocycles. The second kappa shape index (κ2) is 20.4. The third kappa shape index (κ3) is 13.9. The van der Waals surface area contributed by atoms with Gasteiger partial charge in [0.2, 0.25) is 11.6 Å². The highest BCUT2D eigenvalue weighted by Crippen LogP contribution is 2.22. The number of nitrogens with zero attached hydrogens (tertiary/aromatic N) is 7. The van der Waals surface area contributed by atoms with Gasteiger partial charge in [0.25, 0.3) is 0 Å². The molecule has 3 rings (SSSR count).